The fraction of sp³-hybridized carbons (Fsp3) is 0.259. The van der Waals surface area contributed by atoms with Gasteiger partial charge in [0.15, 0.2) is 0 Å². The van der Waals surface area contributed by atoms with Gasteiger partial charge in [-0.3, -0.25) is 9.59 Å². The summed E-state index contributed by atoms with van der Waals surface area (Å²) >= 11 is 0. The molecule has 0 fully saturated rings. The van der Waals surface area contributed by atoms with Crippen molar-refractivity contribution in [1.82, 2.24) is 5.32 Å². The number of hydrogen-bond acceptors (Lipinski definition) is 4. The lowest BCUT2D eigenvalue weighted by Crippen LogP contribution is -2.50. The van der Waals surface area contributed by atoms with Crippen molar-refractivity contribution in [2.45, 2.75) is 37.8 Å². The van der Waals surface area contributed by atoms with Crippen molar-refractivity contribution in [2.75, 3.05) is 11.9 Å². The Kier molecular flexibility index (Phi) is 9.18. The van der Waals surface area contributed by atoms with Gasteiger partial charge in [-0.1, -0.05) is 72.8 Å². The van der Waals surface area contributed by atoms with E-state index in [1.807, 2.05) is 84.9 Å². The quantitative estimate of drug-likeness (QED) is 0.363. The van der Waals surface area contributed by atoms with Crippen LogP contribution in [0.25, 0.3) is 11.1 Å². The highest BCUT2D eigenvalue weighted by Crippen LogP contribution is 2.22. The molecule has 0 saturated carbocycles. The Hall–Kier alpha value is -3.48. The molecular weight excluding hydrogens is 412 g/mol. The van der Waals surface area contributed by atoms with Gasteiger partial charge in [0.2, 0.25) is 11.8 Å². The smallest absolute Gasteiger partial charge is 0.246 e. The third-order valence-electron chi connectivity index (χ3n) is 5.49. The molecule has 0 radical (unpaired) electrons. The first-order valence-electron chi connectivity index (χ1n) is 11.3. The summed E-state index contributed by atoms with van der Waals surface area (Å²) in [5, 5.41) is 5.81. The lowest BCUT2D eigenvalue weighted by Gasteiger charge is -2.21. The van der Waals surface area contributed by atoms with E-state index in [4.69, 9.17) is 11.5 Å². The molecule has 3 rings (SSSR count). The third-order valence-corrected chi connectivity index (χ3v) is 5.49. The monoisotopic (exact) mass is 444 g/mol. The summed E-state index contributed by atoms with van der Waals surface area (Å²) in [7, 11) is 0. The van der Waals surface area contributed by atoms with Gasteiger partial charge in [-0.2, -0.15) is 0 Å². The summed E-state index contributed by atoms with van der Waals surface area (Å²) in [4.78, 5) is 25.8. The molecule has 0 bridgehead atoms. The molecule has 0 saturated heterocycles. The second-order valence-electron chi connectivity index (χ2n) is 8.06. The molecule has 0 aliphatic rings. The van der Waals surface area contributed by atoms with Crippen LogP contribution in [0.1, 0.15) is 24.8 Å². The van der Waals surface area contributed by atoms with E-state index < -0.39 is 12.1 Å². The van der Waals surface area contributed by atoms with E-state index in [0.29, 0.717) is 37.9 Å². The van der Waals surface area contributed by atoms with Crippen LogP contribution < -0.4 is 22.1 Å². The van der Waals surface area contributed by atoms with Gasteiger partial charge in [0.1, 0.15) is 6.04 Å². The zero-order chi connectivity index (χ0) is 23.5. The Balaban J connectivity index is 1.71. The van der Waals surface area contributed by atoms with Gasteiger partial charge < -0.3 is 22.1 Å². The van der Waals surface area contributed by atoms with Gasteiger partial charge in [0.05, 0.1) is 6.04 Å². The highest BCUT2D eigenvalue weighted by atomic mass is 16.2. The maximum atomic E-state index is 13.2. The van der Waals surface area contributed by atoms with Crippen LogP contribution in [0.2, 0.25) is 0 Å². The molecule has 6 nitrogen and oxygen atoms in total. The van der Waals surface area contributed by atoms with Gasteiger partial charge in [-0.15, -0.1) is 0 Å². The molecule has 2 atom stereocenters. The number of amides is 2. The summed E-state index contributed by atoms with van der Waals surface area (Å²) in [6.07, 6.45) is 2.25. The predicted molar refractivity (Wildman–Crippen MR) is 133 cm³/mol. The number of aryl methyl sites for hydroxylation is 1. The zero-order valence-electron chi connectivity index (χ0n) is 18.7. The minimum Gasteiger partial charge on any atom is -0.343 e. The Morgan fingerprint density at radius 1 is 0.788 bits per heavy atom. The first kappa shape index (κ1) is 24.2. The van der Waals surface area contributed by atoms with E-state index in [1.165, 1.54) is 0 Å². The SMILES string of the molecule is NCCC[C@H](N)C(=O)N[C@H](CCc1ccccc1)C(=O)Nc1cccc(-c2ccccc2)c1. The molecule has 6 heteroatoms. The summed E-state index contributed by atoms with van der Waals surface area (Å²) < 4.78 is 0. The maximum Gasteiger partial charge on any atom is 0.246 e. The van der Waals surface area contributed by atoms with Crippen molar-refractivity contribution in [1.29, 1.82) is 0 Å². The Morgan fingerprint density at radius 2 is 1.45 bits per heavy atom. The largest absolute Gasteiger partial charge is 0.343 e. The van der Waals surface area contributed by atoms with Gasteiger partial charge in [-0.25, -0.2) is 0 Å². The van der Waals surface area contributed by atoms with E-state index in [0.717, 1.165) is 16.7 Å². The second kappa shape index (κ2) is 12.5. The number of nitrogens with one attached hydrogen (secondary N) is 2. The standard InChI is InChI=1S/C27H32N4O2/c28-18-8-15-24(29)26(32)31-25(17-16-20-9-3-1-4-10-20)27(33)30-23-14-7-13-22(19-23)21-11-5-2-6-12-21/h1-7,9-14,19,24-25H,8,15-18,28-29H2,(H,30,33)(H,31,32)/t24-,25+/m0/s1. The number of nitrogens with two attached hydrogens (primary N) is 2. The molecule has 0 aliphatic heterocycles. The average Bonchev–Trinajstić information content (AvgIpc) is 2.86. The highest BCUT2D eigenvalue weighted by Gasteiger charge is 2.23. The van der Waals surface area contributed by atoms with Gasteiger partial charge in [0.25, 0.3) is 0 Å². The summed E-state index contributed by atoms with van der Waals surface area (Å²) in [5.41, 5.74) is 15.4. The first-order chi connectivity index (χ1) is 16.1. The van der Waals surface area contributed by atoms with Crippen molar-refractivity contribution < 1.29 is 9.59 Å². The number of carbonyl (C=O) groups excluding carboxylic acids is 2. The van der Waals surface area contributed by atoms with Crippen LogP contribution in [0.5, 0.6) is 0 Å². The van der Waals surface area contributed by atoms with Crippen LogP contribution in [0.15, 0.2) is 84.9 Å². The van der Waals surface area contributed by atoms with Crippen LogP contribution in [0.4, 0.5) is 5.69 Å². The van der Waals surface area contributed by atoms with Crippen molar-refractivity contribution in [2.24, 2.45) is 11.5 Å². The molecule has 0 aliphatic carbocycles. The topological polar surface area (TPSA) is 110 Å². The molecule has 0 spiro atoms. The number of benzene rings is 3. The van der Waals surface area contributed by atoms with Crippen LogP contribution in [-0.4, -0.2) is 30.4 Å². The van der Waals surface area contributed by atoms with Gasteiger partial charge >= 0.3 is 0 Å². The summed E-state index contributed by atoms with van der Waals surface area (Å²) in [6.45, 7) is 0.469. The fourth-order valence-corrected chi connectivity index (χ4v) is 3.61. The number of anilines is 1. The minimum atomic E-state index is -0.706. The normalized spacial score (nSPS) is 12.5. The molecule has 3 aromatic carbocycles. The minimum absolute atomic E-state index is 0.268. The molecular formula is C27H32N4O2. The van der Waals surface area contributed by atoms with Gasteiger partial charge in [-0.05, 0) is 61.1 Å². The van der Waals surface area contributed by atoms with Gasteiger partial charge in [0, 0.05) is 5.69 Å². The van der Waals surface area contributed by atoms with E-state index >= 15 is 0 Å². The third kappa shape index (κ3) is 7.56. The molecule has 6 N–H and O–H groups in total. The number of carbonyl (C=O) groups is 2. The van der Waals surface area contributed by atoms with E-state index in [-0.39, 0.29) is 11.8 Å². The van der Waals surface area contributed by atoms with Crippen molar-refractivity contribution in [3.63, 3.8) is 0 Å². The van der Waals surface area contributed by atoms with Crippen LogP contribution >= 0.6 is 0 Å². The Morgan fingerprint density at radius 3 is 2.15 bits per heavy atom. The Labute approximate surface area is 195 Å². The van der Waals surface area contributed by atoms with E-state index in [2.05, 4.69) is 10.6 Å². The summed E-state index contributed by atoms with van der Waals surface area (Å²) in [5.74, 6) is -0.606. The number of rotatable bonds is 11. The lowest BCUT2D eigenvalue weighted by atomic mass is 10.0. The van der Waals surface area contributed by atoms with Crippen LogP contribution in [-0.2, 0) is 16.0 Å². The van der Waals surface area contributed by atoms with Crippen LogP contribution in [0.3, 0.4) is 0 Å². The van der Waals surface area contributed by atoms with Crippen molar-refractivity contribution >= 4 is 17.5 Å². The highest BCUT2D eigenvalue weighted by molar-refractivity contribution is 5.98. The maximum absolute atomic E-state index is 13.2. The molecule has 3 aromatic rings. The number of hydrogen-bond donors (Lipinski definition) is 4. The molecule has 0 heterocycles. The molecule has 33 heavy (non-hydrogen) atoms. The van der Waals surface area contributed by atoms with E-state index in [9.17, 15) is 9.59 Å². The molecule has 0 aromatic heterocycles. The Bertz CT molecular complexity index is 1020. The van der Waals surface area contributed by atoms with Crippen LogP contribution in [0, 0.1) is 0 Å². The van der Waals surface area contributed by atoms with Crippen molar-refractivity contribution in [3.8, 4) is 11.1 Å². The summed E-state index contributed by atoms with van der Waals surface area (Å²) in [6, 6.07) is 26.1. The predicted octanol–water partition coefficient (Wildman–Crippen LogP) is 3.48. The van der Waals surface area contributed by atoms with E-state index in [1.54, 1.807) is 0 Å². The van der Waals surface area contributed by atoms with Crippen molar-refractivity contribution in [3.05, 3.63) is 90.5 Å². The fourth-order valence-electron chi connectivity index (χ4n) is 3.61. The molecule has 0 unspecified atom stereocenters. The average molecular weight is 445 g/mol. The first-order valence-corrected chi connectivity index (χ1v) is 11.3. The molecule has 172 valence electrons. The molecule has 2 amide bonds. The second-order valence-corrected chi connectivity index (χ2v) is 8.06. The zero-order valence-corrected chi connectivity index (χ0v) is 18.7. The lowest BCUT2D eigenvalue weighted by molar-refractivity contribution is -0.127.